The van der Waals surface area contributed by atoms with Gasteiger partial charge < -0.3 is 24.7 Å². The summed E-state index contributed by atoms with van der Waals surface area (Å²) >= 11 is 2.63. The third-order valence-electron chi connectivity index (χ3n) is 5.33. The van der Waals surface area contributed by atoms with Gasteiger partial charge in [0.2, 0.25) is 11.8 Å². The van der Waals surface area contributed by atoms with Crippen molar-refractivity contribution in [1.82, 2.24) is 25.1 Å². The average Bonchev–Trinajstić information content (AvgIpc) is 3.55. The van der Waals surface area contributed by atoms with E-state index in [0.29, 0.717) is 27.6 Å². The van der Waals surface area contributed by atoms with E-state index < -0.39 is 0 Å². The van der Waals surface area contributed by atoms with Crippen molar-refractivity contribution in [3.63, 3.8) is 0 Å². The molecular formula is C26H26N6O4S2. The Morgan fingerprint density at radius 3 is 2.63 bits per heavy atom. The summed E-state index contributed by atoms with van der Waals surface area (Å²) in [6.45, 7) is 0.187. The molecule has 0 spiro atoms. The van der Waals surface area contributed by atoms with Crippen molar-refractivity contribution in [2.45, 2.75) is 11.7 Å². The number of rotatable bonds is 11. The number of carbonyl (C=O) groups excluding carboxylic acids is 2. The number of thiazole rings is 1. The molecule has 12 heteroatoms. The largest absolute Gasteiger partial charge is 0.493 e. The van der Waals surface area contributed by atoms with Crippen molar-refractivity contribution in [3.05, 3.63) is 71.4 Å². The van der Waals surface area contributed by atoms with Crippen LogP contribution in [0.3, 0.4) is 0 Å². The van der Waals surface area contributed by atoms with Crippen molar-refractivity contribution < 1.29 is 19.1 Å². The van der Waals surface area contributed by atoms with E-state index in [-0.39, 0.29) is 24.1 Å². The molecule has 2 aromatic heterocycles. The molecule has 0 radical (unpaired) electrons. The van der Waals surface area contributed by atoms with E-state index in [1.165, 1.54) is 29.2 Å². The second-order valence-electron chi connectivity index (χ2n) is 7.86. The van der Waals surface area contributed by atoms with Gasteiger partial charge in [-0.05, 0) is 23.8 Å². The van der Waals surface area contributed by atoms with Crippen molar-refractivity contribution in [3.8, 4) is 22.8 Å². The quantitative estimate of drug-likeness (QED) is 0.212. The number of thioether (sulfide) groups is 1. The summed E-state index contributed by atoms with van der Waals surface area (Å²) in [4.78, 5) is 29.2. The molecular weight excluding hydrogens is 524 g/mol. The summed E-state index contributed by atoms with van der Waals surface area (Å²) in [6.07, 6.45) is 3.11. The van der Waals surface area contributed by atoms with Crippen LogP contribution in [0.1, 0.15) is 11.4 Å². The highest BCUT2D eigenvalue weighted by Crippen LogP contribution is 2.28. The van der Waals surface area contributed by atoms with Gasteiger partial charge in [-0.3, -0.25) is 9.59 Å². The molecule has 4 aromatic rings. The number of hydrogen-bond donors (Lipinski definition) is 2. The van der Waals surface area contributed by atoms with Crippen molar-refractivity contribution in [1.29, 1.82) is 0 Å². The predicted octanol–water partition coefficient (Wildman–Crippen LogP) is 4.02. The van der Waals surface area contributed by atoms with Gasteiger partial charge in [0, 0.05) is 24.1 Å². The topological polar surface area (TPSA) is 120 Å². The second kappa shape index (κ2) is 12.9. The molecule has 38 heavy (non-hydrogen) atoms. The summed E-state index contributed by atoms with van der Waals surface area (Å²) in [6, 6.07) is 15.2. The Kier molecular flexibility index (Phi) is 9.11. The first-order valence-corrected chi connectivity index (χ1v) is 13.3. The van der Waals surface area contributed by atoms with Gasteiger partial charge in [0.25, 0.3) is 0 Å². The van der Waals surface area contributed by atoms with Crippen LogP contribution >= 0.6 is 23.1 Å². The van der Waals surface area contributed by atoms with Gasteiger partial charge in [0.15, 0.2) is 27.6 Å². The molecule has 0 saturated heterocycles. The number of aromatic nitrogens is 4. The van der Waals surface area contributed by atoms with E-state index in [0.717, 1.165) is 16.8 Å². The number of methoxy groups -OCH3 is 2. The van der Waals surface area contributed by atoms with Crippen LogP contribution in [-0.4, -0.2) is 51.5 Å². The summed E-state index contributed by atoms with van der Waals surface area (Å²) in [7, 11) is 4.91. The van der Waals surface area contributed by atoms with Crippen LogP contribution in [0.5, 0.6) is 11.5 Å². The first-order chi connectivity index (χ1) is 18.5. The highest BCUT2D eigenvalue weighted by molar-refractivity contribution is 7.99. The van der Waals surface area contributed by atoms with Crippen LogP contribution in [0.25, 0.3) is 17.3 Å². The minimum absolute atomic E-state index is 0.145. The Labute approximate surface area is 228 Å². The van der Waals surface area contributed by atoms with E-state index in [1.807, 2.05) is 41.8 Å². The molecule has 0 bridgehead atoms. The van der Waals surface area contributed by atoms with E-state index in [9.17, 15) is 9.59 Å². The number of ether oxygens (including phenoxy) is 2. The lowest BCUT2D eigenvalue weighted by Crippen LogP contribution is -2.22. The third kappa shape index (κ3) is 6.99. The Balaban J connectivity index is 1.25. The summed E-state index contributed by atoms with van der Waals surface area (Å²) in [5, 5.41) is 16.9. The SMILES string of the molecule is COc1ccc(/C=C/C(=O)NCc2nnc(SCC(=O)Nc3nc(-c4ccccc4)cs3)n2C)cc1OC. The van der Waals surface area contributed by atoms with Gasteiger partial charge in [-0.15, -0.1) is 21.5 Å². The lowest BCUT2D eigenvalue weighted by atomic mass is 10.2. The lowest BCUT2D eigenvalue weighted by molar-refractivity contribution is -0.116. The molecule has 2 N–H and O–H groups in total. The zero-order chi connectivity index (χ0) is 26.9. The maximum absolute atomic E-state index is 12.4. The number of nitrogens with one attached hydrogen (secondary N) is 2. The van der Waals surface area contributed by atoms with Gasteiger partial charge in [-0.1, -0.05) is 48.2 Å². The zero-order valence-electron chi connectivity index (χ0n) is 21.0. The van der Waals surface area contributed by atoms with Crippen LogP contribution in [0.15, 0.2) is 65.1 Å². The molecule has 0 aliphatic carbocycles. The van der Waals surface area contributed by atoms with Crippen molar-refractivity contribution in [2.75, 3.05) is 25.3 Å². The van der Waals surface area contributed by atoms with Crippen LogP contribution in [0.2, 0.25) is 0 Å². The van der Waals surface area contributed by atoms with E-state index in [2.05, 4.69) is 25.8 Å². The molecule has 0 saturated carbocycles. The molecule has 0 aliphatic rings. The van der Waals surface area contributed by atoms with Crippen LogP contribution in [0.4, 0.5) is 5.13 Å². The maximum Gasteiger partial charge on any atom is 0.244 e. The van der Waals surface area contributed by atoms with Crippen molar-refractivity contribution >= 4 is 46.1 Å². The standard InChI is InChI=1S/C26H26N6O4S2/c1-32-22(14-27-23(33)12-10-17-9-11-20(35-2)21(13-17)36-3)30-31-26(32)38-16-24(34)29-25-28-19(15-37-25)18-7-5-4-6-8-18/h4-13,15H,14,16H2,1-3H3,(H,27,33)(H,28,29,34)/b12-10+. The first kappa shape index (κ1) is 26.9. The van der Waals surface area contributed by atoms with E-state index in [1.54, 1.807) is 44.0 Å². The highest BCUT2D eigenvalue weighted by atomic mass is 32.2. The lowest BCUT2D eigenvalue weighted by Gasteiger charge is -2.07. The zero-order valence-corrected chi connectivity index (χ0v) is 22.6. The molecule has 196 valence electrons. The Morgan fingerprint density at radius 1 is 1.08 bits per heavy atom. The Morgan fingerprint density at radius 2 is 1.87 bits per heavy atom. The molecule has 10 nitrogen and oxygen atoms in total. The number of hydrogen-bond acceptors (Lipinski definition) is 9. The minimum Gasteiger partial charge on any atom is -0.493 e. The smallest absolute Gasteiger partial charge is 0.244 e. The molecule has 0 aliphatic heterocycles. The number of anilines is 1. The van der Waals surface area contributed by atoms with Crippen LogP contribution < -0.4 is 20.1 Å². The van der Waals surface area contributed by atoms with Gasteiger partial charge >= 0.3 is 0 Å². The number of carbonyl (C=O) groups is 2. The second-order valence-corrected chi connectivity index (χ2v) is 9.66. The first-order valence-electron chi connectivity index (χ1n) is 11.5. The highest BCUT2D eigenvalue weighted by Gasteiger charge is 2.13. The fraction of sp³-hybridized carbons (Fsp3) is 0.192. The molecule has 4 rings (SSSR count). The van der Waals surface area contributed by atoms with Gasteiger partial charge in [0.05, 0.1) is 32.2 Å². The molecule has 0 unspecified atom stereocenters. The average molecular weight is 551 g/mol. The fourth-order valence-corrected chi connectivity index (χ4v) is 4.80. The molecule has 0 fully saturated rings. The van der Waals surface area contributed by atoms with E-state index >= 15 is 0 Å². The molecule has 2 amide bonds. The van der Waals surface area contributed by atoms with Gasteiger partial charge in [-0.2, -0.15) is 0 Å². The predicted molar refractivity (Wildman–Crippen MR) is 148 cm³/mol. The summed E-state index contributed by atoms with van der Waals surface area (Å²) in [5.74, 6) is 1.43. The Hall–Kier alpha value is -4.16. The molecule has 0 atom stereocenters. The molecule has 2 aromatic carbocycles. The maximum atomic E-state index is 12.4. The minimum atomic E-state index is -0.283. The molecule has 2 heterocycles. The van der Waals surface area contributed by atoms with Gasteiger partial charge in [0.1, 0.15) is 0 Å². The van der Waals surface area contributed by atoms with Crippen LogP contribution in [0, 0.1) is 0 Å². The number of amides is 2. The van der Waals surface area contributed by atoms with Gasteiger partial charge in [-0.25, -0.2) is 4.98 Å². The third-order valence-corrected chi connectivity index (χ3v) is 7.11. The van der Waals surface area contributed by atoms with Crippen LogP contribution in [-0.2, 0) is 23.2 Å². The Bertz CT molecular complexity index is 1430. The number of benzene rings is 2. The summed E-state index contributed by atoms with van der Waals surface area (Å²) < 4.78 is 12.2. The van der Waals surface area contributed by atoms with Crippen molar-refractivity contribution in [2.24, 2.45) is 7.05 Å². The normalized spacial score (nSPS) is 10.9. The summed E-state index contributed by atoms with van der Waals surface area (Å²) in [5.41, 5.74) is 2.60. The monoisotopic (exact) mass is 550 g/mol. The fourth-order valence-electron chi connectivity index (χ4n) is 3.34. The van der Waals surface area contributed by atoms with E-state index in [4.69, 9.17) is 9.47 Å². The number of nitrogens with zero attached hydrogens (tertiary/aromatic N) is 4.